The van der Waals surface area contributed by atoms with E-state index in [-0.39, 0.29) is 11.5 Å². The lowest BCUT2D eigenvalue weighted by Crippen LogP contribution is -2.32. The lowest BCUT2D eigenvalue weighted by Gasteiger charge is -2.31. The van der Waals surface area contributed by atoms with E-state index in [0.29, 0.717) is 5.22 Å². The van der Waals surface area contributed by atoms with Gasteiger partial charge >= 0.3 is 0 Å². The van der Waals surface area contributed by atoms with Crippen molar-refractivity contribution in [3.8, 4) is 0 Å². The van der Waals surface area contributed by atoms with Gasteiger partial charge in [0.2, 0.25) is 0 Å². The van der Waals surface area contributed by atoms with E-state index in [2.05, 4.69) is 33.0 Å². The normalized spacial score (nSPS) is 14.2. The first-order chi connectivity index (χ1) is 6.96. The summed E-state index contributed by atoms with van der Waals surface area (Å²) in [6.07, 6.45) is 2.76. The summed E-state index contributed by atoms with van der Waals surface area (Å²) in [7, 11) is 0. The molecular weight excluding hydrogens is 210 g/mol. The average Bonchev–Trinajstić information content (AvgIpc) is 2.51. The molecule has 1 aromatic heterocycles. The van der Waals surface area contributed by atoms with Gasteiger partial charge in [-0.3, -0.25) is 0 Å². The number of halogens is 1. The van der Waals surface area contributed by atoms with E-state index < -0.39 is 0 Å². The summed E-state index contributed by atoms with van der Waals surface area (Å²) in [6.45, 7) is 9.74. The van der Waals surface area contributed by atoms with Crippen LogP contribution in [0.1, 0.15) is 45.7 Å². The highest BCUT2D eigenvalue weighted by molar-refractivity contribution is 6.29. The zero-order chi connectivity index (χ0) is 11.5. The quantitative estimate of drug-likeness (QED) is 0.844. The lowest BCUT2D eigenvalue weighted by molar-refractivity contribution is 0.272. The molecule has 0 aliphatic carbocycles. The first-order valence-corrected chi connectivity index (χ1v) is 5.81. The molecule has 0 fully saturated rings. The fourth-order valence-electron chi connectivity index (χ4n) is 1.68. The molecule has 1 aromatic rings. The average molecular weight is 230 g/mol. The van der Waals surface area contributed by atoms with Crippen molar-refractivity contribution in [3.63, 3.8) is 0 Å². The summed E-state index contributed by atoms with van der Waals surface area (Å²) in [6, 6.07) is 2.18. The van der Waals surface area contributed by atoms with Crippen LogP contribution in [0.4, 0.5) is 0 Å². The Balaban J connectivity index is 2.87. The first-order valence-electron chi connectivity index (χ1n) is 5.43. The number of rotatable bonds is 4. The summed E-state index contributed by atoms with van der Waals surface area (Å²) < 4.78 is 5.15. The van der Waals surface area contributed by atoms with E-state index in [1.54, 1.807) is 6.26 Å². The minimum Gasteiger partial charge on any atom is -0.453 e. The third kappa shape index (κ3) is 3.25. The van der Waals surface area contributed by atoms with Gasteiger partial charge in [-0.2, -0.15) is 0 Å². The van der Waals surface area contributed by atoms with E-state index in [9.17, 15) is 0 Å². The van der Waals surface area contributed by atoms with E-state index >= 15 is 0 Å². The van der Waals surface area contributed by atoms with Crippen molar-refractivity contribution in [2.75, 3.05) is 6.54 Å². The van der Waals surface area contributed by atoms with E-state index in [4.69, 9.17) is 16.0 Å². The Morgan fingerprint density at radius 2 is 2.13 bits per heavy atom. The highest BCUT2D eigenvalue weighted by atomic mass is 35.5. The molecule has 0 bridgehead atoms. The maximum atomic E-state index is 6.01. The molecule has 0 amide bonds. The molecule has 1 rings (SSSR count). The molecule has 0 saturated heterocycles. The minimum atomic E-state index is 0.128. The first kappa shape index (κ1) is 12.6. The SMILES string of the molecule is CCCNC(c1ccoc1Cl)C(C)(C)C. The molecular formula is C12H20ClNO. The molecule has 0 aliphatic heterocycles. The van der Waals surface area contributed by atoms with Crippen molar-refractivity contribution in [2.45, 2.75) is 40.2 Å². The Kier molecular flexibility index (Phi) is 4.23. The molecule has 0 aliphatic rings. The van der Waals surface area contributed by atoms with E-state index in [1.807, 2.05) is 6.07 Å². The van der Waals surface area contributed by atoms with Gasteiger partial charge in [-0.15, -0.1) is 0 Å². The maximum Gasteiger partial charge on any atom is 0.197 e. The predicted molar refractivity (Wildman–Crippen MR) is 64.2 cm³/mol. The van der Waals surface area contributed by atoms with Crippen molar-refractivity contribution in [3.05, 3.63) is 23.1 Å². The van der Waals surface area contributed by atoms with E-state index in [1.165, 1.54) is 0 Å². The van der Waals surface area contributed by atoms with Crippen LogP contribution in [-0.2, 0) is 0 Å². The summed E-state index contributed by atoms with van der Waals surface area (Å²) >= 11 is 6.01. The second-order valence-electron chi connectivity index (χ2n) is 4.90. The summed E-state index contributed by atoms with van der Waals surface area (Å²) in [5.41, 5.74) is 1.18. The standard InChI is InChI=1S/C12H20ClNO/c1-5-7-14-10(12(2,3)4)9-6-8-15-11(9)13/h6,8,10,14H,5,7H2,1-4H3. The number of hydrogen-bond acceptors (Lipinski definition) is 2. The smallest absolute Gasteiger partial charge is 0.197 e. The molecule has 1 atom stereocenters. The van der Waals surface area contributed by atoms with Gasteiger partial charge < -0.3 is 9.73 Å². The second kappa shape index (κ2) is 5.04. The molecule has 1 heterocycles. The summed E-state index contributed by atoms with van der Waals surface area (Å²) in [4.78, 5) is 0. The van der Waals surface area contributed by atoms with Gasteiger partial charge in [0.15, 0.2) is 5.22 Å². The lowest BCUT2D eigenvalue weighted by atomic mass is 9.83. The van der Waals surface area contributed by atoms with Crippen LogP contribution >= 0.6 is 11.6 Å². The second-order valence-corrected chi connectivity index (χ2v) is 5.25. The number of nitrogens with one attached hydrogen (secondary N) is 1. The fourth-order valence-corrected chi connectivity index (χ4v) is 1.91. The molecule has 0 saturated carbocycles. The molecule has 0 radical (unpaired) electrons. The Bertz CT molecular complexity index is 301. The van der Waals surface area contributed by atoms with Crippen LogP contribution in [0, 0.1) is 5.41 Å². The molecule has 1 N–H and O–H groups in total. The maximum absolute atomic E-state index is 6.01. The van der Waals surface area contributed by atoms with Gasteiger partial charge in [0.1, 0.15) is 0 Å². The van der Waals surface area contributed by atoms with Crippen LogP contribution in [0.5, 0.6) is 0 Å². The number of hydrogen-bond donors (Lipinski definition) is 1. The predicted octanol–water partition coefficient (Wildman–Crippen LogP) is 4.02. The molecule has 0 spiro atoms. The molecule has 15 heavy (non-hydrogen) atoms. The van der Waals surface area contributed by atoms with Crippen molar-refractivity contribution in [1.82, 2.24) is 5.32 Å². The molecule has 1 unspecified atom stereocenters. The van der Waals surface area contributed by atoms with Gasteiger partial charge in [0.05, 0.1) is 6.26 Å². The van der Waals surface area contributed by atoms with Crippen molar-refractivity contribution < 1.29 is 4.42 Å². The largest absolute Gasteiger partial charge is 0.453 e. The van der Waals surface area contributed by atoms with Crippen LogP contribution in [0.2, 0.25) is 5.22 Å². The highest BCUT2D eigenvalue weighted by Crippen LogP contribution is 2.36. The van der Waals surface area contributed by atoms with Gasteiger partial charge in [0, 0.05) is 11.6 Å². The fraction of sp³-hybridized carbons (Fsp3) is 0.667. The summed E-state index contributed by atoms with van der Waals surface area (Å²) in [5.74, 6) is 0. The Labute approximate surface area is 97.0 Å². The van der Waals surface area contributed by atoms with Crippen molar-refractivity contribution in [2.24, 2.45) is 5.41 Å². The summed E-state index contributed by atoms with van der Waals surface area (Å²) in [5, 5.41) is 4.01. The van der Waals surface area contributed by atoms with Gasteiger partial charge in [-0.1, -0.05) is 27.7 Å². The van der Waals surface area contributed by atoms with Crippen molar-refractivity contribution >= 4 is 11.6 Å². The Morgan fingerprint density at radius 1 is 1.47 bits per heavy atom. The Morgan fingerprint density at radius 3 is 2.53 bits per heavy atom. The van der Waals surface area contributed by atoms with Crippen LogP contribution in [0.15, 0.2) is 16.7 Å². The zero-order valence-corrected chi connectivity index (χ0v) is 10.7. The van der Waals surface area contributed by atoms with Crippen LogP contribution < -0.4 is 5.32 Å². The zero-order valence-electron chi connectivity index (χ0n) is 9.93. The van der Waals surface area contributed by atoms with Gasteiger partial charge in [-0.25, -0.2) is 0 Å². The van der Waals surface area contributed by atoms with Gasteiger partial charge in [-0.05, 0) is 36.0 Å². The van der Waals surface area contributed by atoms with Gasteiger partial charge in [0.25, 0.3) is 0 Å². The van der Waals surface area contributed by atoms with Crippen LogP contribution in [0.3, 0.4) is 0 Å². The molecule has 3 heteroatoms. The molecule has 0 aromatic carbocycles. The monoisotopic (exact) mass is 229 g/mol. The van der Waals surface area contributed by atoms with Crippen molar-refractivity contribution in [1.29, 1.82) is 0 Å². The van der Waals surface area contributed by atoms with Crippen LogP contribution in [0.25, 0.3) is 0 Å². The third-order valence-electron chi connectivity index (χ3n) is 2.42. The minimum absolute atomic E-state index is 0.128. The molecule has 2 nitrogen and oxygen atoms in total. The van der Waals surface area contributed by atoms with Crippen LogP contribution in [-0.4, -0.2) is 6.54 Å². The third-order valence-corrected chi connectivity index (χ3v) is 2.73. The number of furan rings is 1. The van der Waals surface area contributed by atoms with E-state index in [0.717, 1.165) is 18.5 Å². The molecule has 86 valence electrons. The topological polar surface area (TPSA) is 25.2 Å². The Hall–Kier alpha value is -0.470. The highest BCUT2D eigenvalue weighted by Gasteiger charge is 2.28.